The molecule has 0 aliphatic heterocycles. The molecule has 0 unspecified atom stereocenters. The minimum Gasteiger partial charge on any atom is -0.366 e. The van der Waals surface area contributed by atoms with Crippen LogP contribution in [0.25, 0.3) is 10.4 Å². The van der Waals surface area contributed by atoms with E-state index in [1.807, 2.05) is 42.6 Å². The molecule has 4 heteroatoms. The van der Waals surface area contributed by atoms with E-state index in [-0.39, 0.29) is 0 Å². The Kier molecular flexibility index (Phi) is 3.79. The van der Waals surface area contributed by atoms with Gasteiger partial charge in [-0.25, -0.2) is 4.98 Å². The highest BCUT2D eigenvalue weighted by Crippen LogP contribution is 2.27. The molecule has 104 valence electrons. The summed E-state index contributed by atoms with van der Waals surface area (Å²) in [5.74, 6) is -0.398. The molecule has 0 atom stereocenters. The normalized spacial score (nSPS) is 10.5. The van der Waals surface area contributed by atoms with Crippen LogP contribution in [-0.2, 0) is 6.42 Å². The van der Waals surface area contributed by atoms with E-state index in [9.17, 15) is 4.79 Å². The van der Waals surface area contributed by atoms with Gasteiger partial charge in [0.15, 0.2) is 0 Å². The fourth-order valence-electron chi connectivity index (χ4n) is 2.21. The van der Waals surface area contributed by atoms with Crippen molar-refractivity contribution in [1.82, 2.24) is 4.98 Å². The van der Waals surface area contributed by atoms with Crippen molar-refractivity contribution in [2.24, 2.45) is 5.73 Å². The minimum atomic E-state index is -0.398. The Labute approximate surface area is 127 Å². The van der Waals surface area contributed by atoms with E-state index in [4.69, 9.17) is 5.73 Å². The molecule has 21 heavy (non-hydrogen) atoms. The highest BCUT2D eigenvalue weighted by Gasteiger charge is 2.10. The Morgan fingerprint density at radius 3 is 2.52 bits per heavy atom. The molecule has 0 saturated heterocycles. The second kappa shape index (κ2) is 5.89. The lowest BCUT2D eigenvalue weighted by molar-refractivity contribution is 0.0999. The van der Waals surface area contributed by atoms with Gasteiger partial charge in [0.05, 0.1) is 9.88 Å². The van der Waals surface area contributed by atoms with Crippen molar-refractivity contribution in [2.75, 3.05) is 0 Å². The van der Waals surface area contributed by atoms with Crippen molar-refractivity contribution in [3.63, 3.8) is 0 Å². The maximum atomic E-state index is 11.4. The van der Waals surface area contributed by atoms with Crippen LogP contribution in [0.5, 0.6) is 0 Å². The first kappa shape index (κ1) is 13.5. The van der Waals surface area contributed by atoms with Crippen molar-refractivity contribution < 1.29 is 4.79 Å². The van der Waals surface area contributed by atoms with E-state index in [2.05, 4.69) is 17.1 Å². The number of hydrogen-bond acceptors (Lipinski definition) is 3. The van der Waals surface area contributed by atoms with Crippen molar-refractivity contribution in [3.05, 3.63) is 76.9 Å². The summed E-state index contributed by atoms with van der Waals surface area (Å²) < 4.78 is 0. The number of nitrogens with two attached hydrogens (primary N) is 1. The van der Waals surface area contributed by atoms with Gasteiger partial charge in [-0.05, 0) is 17.2 Å². The number of rotatable bonds is 4. The summed E-state index contributed by atoms with van der Waals surface area (Å²) in [4.78, 5) is 17.0. The van der Waals surface area contributed by atoms with Crippen molar-refractivity contribution in [1.29, 1.82) is 0 Å². The van der Waals surface area contributed by atoms with E-state index in [0.717, 1.165) is 21.0 Å². The fourth-order valence-corrected chi connectivity index (χ4v) is 3.15. The molecular formula is C17H14N2OS. The Morgan fingerprint density at radius 1 is 1.05 bits per heavy atom. The second-order valence-corrected chi connectivity index (χ2v) is 5.80. The topological polar surface area (TPSA) is 56.0 Å². The van der Waals surface area contributed by atoms with Crippen LogP contribution in [0.3, 0.4) is 0 Å². The zero-order valence-corrected chi connectivity index (χ0v) is 12.1. The van der Waals surface area contributed by atoms with Gasteiger partial charge in [-0.15, -0.1) is 11.3 Å². The smallest absolute Gasteiger partial charge is 0.248 e. The number of carbonyl (C=O) groups excluding carboxylic acids is 1. The predicted octanol–water partition coefficient (Wildman–Crippen LogP) is 3.50. The maximum Gasteiger partial charge on any atom is 0.248 e. The number of primary amides is 1. The predicted molar refractivity (Wildman–Crippen MR) is 85.3 cm³/mol. The number of aromatic nitrogens is 1. The Hall–Kier alpha value is -2.46. The quantitative estimate of drug-likeness (QED) is 0.800. The molecule has 0 spiro atoms. The van der Waals surface area contributed by atoms with Gasteiger partial charge in [0.2, 0.25) is 5.91 Å². The third-order valence-electron chi connectivity index (χ3n) is 3.24. The van der Waals surface area contributed by atoms with E-state index >= 15 is 0 Å². The first-order valence-electron chi connectivity index (χ1n) is 6.62. The number of amides is 1. The zero-order chi connectivity index (χ0) is 14.7. The lowest BCUT2D eigenvalue weighted by atomic mass is 10.0. The Morgan fingerprint density at radius 2 is 1.76 bits per heavy atom. The Bertz CT molecular complexity index is 765. The number of hydrogen-bond donors (Lipinski definition) is 1. The van der Waals surface area contributed by atoms with Gasteiger partial charge in [-0.3, -0.25) is 4.79 Å². The number of thiazole rings is 1. The largest absolute Gasteiger partial charge is 0.366 e. The number of carbonyl (C=O) groups is 1. The van der Waals surface area contributed by atoms with Gasteiger partial charge < -0.3 is 5.73 Å². The van der Waals surface area contributed by atoms with E-state index in [1.165, 1.54) is 0 Å². The number of benzene rings is 2. The minimum absolute atomic E-state index is 0.398. The molecule has 3 rings (SSSR count). The summed E-state index contributed by atoms with van der Waals surface area (Å²) in [5.41, 5.74) is 8.04. The molecule has 3 nitrogen and oxygen atoms in total. The summed E-state index contributed by atoms with van der Waals surface area (Å²) in [6.45, 7) is 0. The highest BCUT2D eigenvalue weighted by atomic mass is 32.1. The average molecular weight is 294 g/mol. The lowest BCUT2D eigenvalue weighted by Crippen LogP contribution is -2.13. The van der Waals surface area contributed by atoms with Crippen LogP contribution >= 0.6 is 11.3 Å². The summed E-state index contributed by atoms with van der Waals surface area (Å²) in [7, 11) is 0. The third-order valence-corrected chi connectivity index (χ3v) is 4.28. The van der Waals surface area contributed by atoms with Crippen LogP contribution in [0.15, 0.2) is 60.8 Å². The molecule has 0 fully saturated rings. The highest BCUT2D eigenvalue weighted by molar-refractivity contribution is 7.15. The average Bonchev–Trinajstić information content (AvgIpc) is 2.97. The van der Waals surface area contributed by atoms with Crippen LogP contribution < -0.4 is 5.73 Å². The summed E-state index contributed by atoms with van der Waals surface area (Å²) in [6.07, 6.45) is 2.50. The van der Waals surface area contributed by atoms with Crippen LogP contribution in [0.1, 0.15) is 20.9 Å². The second-order valence-electron chi connectivity index (χ2n) is 4.68. The monoisotopic (exact) mass is 294 g/mol. The zero-order valence-electron chi connectivity index (χ0n) is 11.3. The first-order chi connectivity index (χ1) is 10.2. The molecule has 1 amide bonds. The van der Waals surface area contributed by atoms with Crippen LogP contribution in [-0.4, -0.2) is 10.9 Å². The molecule has 1 heterocycles. The molecule has 0 aliphatic rings. The summed E-state index contributed by atoms with van der Waals surface area (Å²) >= 11 is 1.64. The van der Waals surface area contributed by atoms with Crippen molar-refractivity contribution >= 4 is 17.2 Å². The van der Waals surface area contributed by atoms with Crippen molar-refractivity contribution in [2.45, 2.75) is 6.42 Å². The first-order valence-corrected chi connectivity index (χ1v) is 7.43. The van der Waals surface area contributed by atoms with Crippen LogP contribution in [0.4, 0.5) is 0 Å². The van der Waals surface area contributed by atoms with E-state index < -0.39 is 5.91 Å². The molecule has 2 N–H and O–H groups in total. The molecular weight excluding hydrogens is 280 g/mol. The van der Waals surface area contributed by atoms with Crippen molar-refractivity contribution in [3.8, 4) is 10.4 Å². The maximum absolute atomic E-state index is 11.4. The molecule has 3 aromatic rings. The summed E-state index contributed by atoms with van der Waals surface area (Å²) in [5, 5.41) is 0.975. The van der Waals surface area contributed by atoms with Crippen LogP contribution in [0, 0.1) is 0 Å². The SMILES string of the molecule is NC(=O)c1ccccc1Cc1ncc(-c2ccccc2)s1. The van der Waals surface area contributed by atoms with Gasteiger partial charge in [-0.1, -0.05) is 48.5 Å². The van der Waals surface area contributed by atoms with Gasteiger partial charge >= 0.3 is 0 Å². The third kappa shape index (κ3) is 3.01. The summed E-state index contributed by atoms with van der Waals surface area (Å²) in [6, 6.07) is 17.5. The molecule has 0 bridgehead atoms. The van der Waals surface area contributed by atoms with E-state index in [1.54, 1.807) is 17.4 Å². The molecule has 0 saturated carbocycles. The molecule has 2 aromatic carbocycles. The Balaban J connectivity index is 1.87. The molecule has 1 aromatic heterocycles. The number of nitrogens with zero attached hydrogens (tertiary/aromatic N) is 1. The van der Waals surface area contributed by atoms with E-state index in [0.29, 0.717) is 12.0 Å². The standard InChI is InChI=1S/C17H14N2OS/c18-17(20)14-9-5-4-8-13(14)10-16-19-11-15(21-16)12-6-2-1-3-7-12/h1-9,11H,10H2,(H2,18,20). The molecule has 0 radical (unpaired) electrons. The van der Waals surface area contributed by atoms with Gasteiger partial charge in [-0.2, -0.15) is 0 Å². The van der Waals surface area contributed by atoms with Gasteiger partial charge in [0.25, 0.3) is 0 Å². The van der Waals surface area contributed by atoms with Gasteiger partial charge in [0.1, 0.15) is 0 Å². The fraction of sp³-hybridized carbons (Fsp3) is 0.0588. The van der Waals surface area contributed by atoms with Crippen LogP contribution in [0.2, 0.25) is 0 Å². The lowest BCUT2D eigenvalue weighted by Gasteiger charge is -2.03. The molecule has 0 aliphatic carbocycles. The van der Waals surface area contributed by atoms with Gasteiger partial charge in [0, 0.05) is 18.2 Å².